The Morgan fingerprint density at radius 3 is 2.53 bits per heavy atom. The van der Waals surface area contributed by atoms with E-state index in [2.05, 4.69) is 9.62 Å². The first-order valence-corrected chi connectivity index (χ1v) is 7.00. The van der Waals surface area contributed by atoms with Crippen LogP contribution in [0.1, 0.15) is 12.8 Å². The summed E-state index contributed by atoms with van der Waals surface area (Å²) in [7, 11) is -0.0968. The zero-order valence-corrected chi connectivity index (χ0v) is 10.8. The molecule has 0 heterocycles. The van der Waals surface area contributed by atoms with Crippen molar-refractivity contribution in [3.8, 4) is 0 Å². The molecule has 3 N–H and O–H groups in total. The van der Waals surface area contributed by atoms with Gasteiger partial charge in [-0.2, -0.15) is 0 Å². The van der Waals surface area contributed by atoms with E-state index in [4.69, 9.17) is 5.73 Å². The number of nitrogens with one attached hydrogen (secondary N) is 1. The number of anilines is 2. The molecule has 6 heteroatoms. The van der Waals surface area contributed by atoms with Crippen LogP contribution in [-0.2, 0) is 10.0 Å². The lowest BCUT2D eigenvalue weighted by Gasteiger charge is -2.19. The maximum Gasteiger partial charge on any atom is 0.242 e. The highest BCUT2D eigenvalue weighted by molar-refractivity contribution is 7.89. The van der Waals surface area contributed by atoms with Gasteiger partial charge in [-0.15, -0.1) is 0 Å². The van der Waals surface area contributed by atoms with Crippen LogP contribution >= 0.6 is 0 Å². The van der Waals surface area contributed by atoms with Crippen LogP contribution in [0.4, 0.5) is 11.4 Å². The highest BCUT2D eigenvalue weighted by Gasteiger charge is 2.27. The number of hydrogen-bond acceptors (Lipinski definition) is 4. The van der Waals surface area contributed by atoms with Crippen molar-refractivity contribution in [1.29, 1.82) is 0 Å². The summed E-state index contributed by atoms with van der Waals surface area (Å²) in [5, 5.41) is 0. The Hall–Kier alpha value is -1.27. The van der Waals surface area contributed by atoms with Crippen molar-refractivity contribution in [3.63, 3.8) is 0 Å². The minimum absolute atomic E-state index is 0.132. The van der Waals surface area contributed by atoms with Crippen LogP contribution in [0.2, 0.25) is 0 Å². The number of nitrogens with two attached hydrogens (primary N) is 1. The van der Waals surface area contributed by atoms with Crippen molar-refractivity contribution in [1.82, 2.24) is 4.72 Å². The van der Waals surface area contributed by atoms with Crippen LogP contribution in [0.3, 0.4) is 0 Å². The number of hydrogen-bond donors (Lipinski definition) is 2. The minimum atomic E-state index is -3.47. The first kappa shape index (κ1) is 12.2. The number of rotatable bonds is 4. The Morgan fingerprint density at radius 1 is 1.41 bits per heavy atom. The normalized spacial score (nSPS) is 15.9. The van der Waals surface area contributed by atoms with E-state index in [1.54, 1.807) is 18.2 Å². The average Bonchev–Trinajstić information content (AvgIpc) is 3.11. The fourth-order valence-electron chi connectivity index (χ4n) is 1.78. The number of sulfonamides is 1. The molecule has 0 bridgehead atoms. The average molecular weight is 255 g/mol. The maximum absolute atomic E-state index is 11.6. The highest BCUT2D eigenvalue weighted by Crippen LogP contribution is 2.32. The fraction of sp³-hybridized carbons (Fsp3) is 0.455. The van der Waals surface area contributed by atoms with Gasteiger partial charge < -0.3 is 10.6 Å². The lowest BCUT2D eigenvalue weighted by Crippen LogP contribution is -2.22. The lowest BCUT2D eigenvalue weighted by molar-refractivity contribution is 0.588. The van der Waals surface area contributed by atoms with Crippen LogP contribution in [0.15, 0.2) is 23.1 Å². The third-order valence-corrected chi connectivity index (χ3v) is 4.54. The molecule has 0 aromatic heterocycles. The molecule has 0 spiro atoms. The number of nitrogen functional groups attached to an aromatic ring is 1. The molecule has 1 saturated carbocycles. The van der Waals surface area contributed by atoms with Crippen molar-refractivity contribution in [3.05, 3.63) is 18.2 Å². The van der Waals surface area contributed by atoms with Crippen LogP contribution in [0, 0.1) is 0 Å². The van der Waals surface area contributed by atoms with Crippen molar-refractivity contribution in [2.24, 2.45) is 0 Å². The quantitative estimate of drug-likeness (QED) is 0.779. The van der Waals surface area contributed by atoms with Gasteiger partial charge in [0, 0.05) is 18.8 Å². The van der Waals surface area contributed by atoms with E-state index >= 15 is 0 Å². The van der Waals surface area contributed by atoms with Crippen molar-refractivity contribution in [2.45, 2.75) is 23.8 Å². The summed E-state index contributed by atoms with van der Waals surface area (Å²) in [6, 6.07) is 5.62. The summed E-state index contributed by atoms with van der Waals surface area (Å²) in [6.45, 7) is 0. The monoisotopic (exact) mass is 255 g/mol. The second-order valence-corrected chi connectivity index (χ2v) is 6.13. The summed E-state index contributed by atoms with van der Waals surface area (Å²) in [5.41, 5.74) is 7.04. The SMILES string of the molecule is CNS(=O)(=O)c1ccc(N(C)C2CC2)cc1N. The Bertz CT molecular complexity index is 524. The number of benzene rings is 1. The standard InChI is InChI=1S/C11H17N3O2S/c1-13-17(15,16)11-6-5-9(7-10(11)12)14(2)8-3-4-8/h5-8,13H,3-4,12H2,1-2H3. The molecule has 17 heavy (non-hydrogen) atoms. The van der Waals surface area contributed by atoms with Crippen LogP contribution in [0.5, 0.6) is 0 Å². The van der Waals surface area contributed by atoms with Gasteiger partial charge in [-0.05, 0) is 38.1 Å². The first-order chi connectivity index (χ1) is 7.95. The van der Waals surface area contributed by atoms with Gasteiger partial charge in [-0.25, -0.2) is 13.1 Å². The van der Waals surface area contributed by atoms with Crippen LogP contribution < -0.4 is 15.4 Å². The molecule has 0 aliphatic heterocycles. The van der Waals surface area contributed by atoms with Crippen molar-refractivity contribution >= 4 is 21.4 Å². The number of nitrogens with zero attached hydrogens (tertiary/aromatic N) is 1. The molecule has 94 valence electrons. The molecule has 0 atom stereocenters. The summed E-state index contributed by atoms with van der Waals surface area (Å²) >= 11 is 0. The molecule has 0 amide bonds. The molecular formula is C11H17N3O2S. The van der Waals surface area contributed by atoms with Crippen molar-refractivity contribution < 1.29 is 8.42 Å². The smallest absolute Gasteiger partial charge is 0.242 e. The first-order valence-electron chi connectivity index (χ1n) is 5.51. The molecule has 0 saturated heterocycles. The van der Waals surface area contributed by atoms with Gasteiger partial charge >= 0.3 is 0 Å². The summed E-state index contributed by atoms with van der Waals surface area (Å²) in [4.78, 5) is 2.26. The molecule has 1 fully saturated rings. The zero-order chi connectivity index (χ0) is 12.6. The van der Waals surface area contributed by atoms with Gasteiger partial charge in [0.1, 0.15) is 4.90 Å². The van der Waals surface area contributed by atoms with Gasteiger partial charge in [0.2, 0.25) is 10.0 Å². The molecule has 1 aliphatic carbocycles. The van der Waals surface area contributed by atoms with E-state index in [0.717, 1.165) is 5.69 Å². The molecule has 0 unspecified atom stereocenters. The van der Waals surface area contributed by atoms with Gasteiger partial charge in [-0.3, -0.25) is 0 Å². The predicted molar refractivity (Wildman–Crippen MR) is 68.5 cm³/mol. The molecule has 1 aliphatic rings. The highest BCUT2D eigenvalue weighted by atomic mass is 32.2. The largest absolute Gasteiger partial charge is 0.398 e. The van der Waals surface area contributed by atoms with Gasteiger partial charge in [0.15, 0.2) is 0 Å². The van der Waals surface area contributed by atoms with E-state index in [1.165, 1.54) is 19.9 Å². The van der Waals surface area contributed by atoms with Gasteiger partial charge in [0.05, 0.1) is 5.69 Å². The fourth-order valence-corrected chi connectivity index (χ4v) is 2.62. The predicted octanol–water partition coefficient (Wildman–Crippen LogP) is 0.775. The molecule has 1 aromatic carbocycles. The minimum Gasteiger partial charge on any atom is -0.398 e. The van der Waals surface area contributed by atoms with E-state index in [0.29, 0.717) is 6.04 Å². The van der Waals surface area contributed by atoms with E-state index in [-0.39, 0.29) is 10.6 Å². The lowest BCUT2D eigenvalue weighted by atomic mass is 10.2. The Morgan fingerprint density at radius 2 is 2.06 bits per heavy atom. The second kappa shape index (κ2) is 4.19. The summed E-state index contributed by atoms with van der Waals surface area (Å²) in [5.74, 6) is 0. The Balaban J connectivity index is 2.34. The molecule has 0 radical (unpaired) electrons. The molecule has 2 rings (SSSR count). The molecular weight excluding hydrogens is 238 g/mol. The van der Waals surface area contributed by atoms with Crippen LogP contribution in [0.25, 0.3) is 0 Å². The maximum atomic E-state index is 11.6. The van der Waals surface area contributed by atoms with Crippen LogP contribution in [-0.4, -0.2) is 28.6 Å². The third kappa shape index (κ3) is 2.37. The zero-order valence-electron chi connectivity index (χ0n) is 9.97. The molecule has 5 nitrogen and oxygen atoms in total. The molecule has 1 aromatic rings. The Kier molecular flexibility index (Phi) is 3.01. The Labute approximate surface area is 102 Å². The van der Waals surface area contributed by atoms with E-state index < -0.39 is 10.0 Å². The second-order valence-electron chi connectivity index (χ2n) is 4.27. The summed E-state index contributed by atoms with van der Waals surface area (Å²) in [6.07, 6.45) is 2.37. The van der Waals surface area contributed by atoms with E-state index in [9.17, 15) is 8.42 Å². The van der Waals surface area contributed by atoms with Crippen molar-refractivity contribution in [2.75, 3.05) is 24.7 Å². The summed E-state index contributed by atoms with van der Waals surface area (Å²) < 4.78 is 25.5. The third-order valence-electron chi connectivity index (χ3n) is 3.05. The van der Waals surface area contributed by atoms with Gasteiger partial charge in [0.25, 0.3) is 0 Å². The van der Waals surface area contributed by atoms with E-state index in [1.807, 2.05) is 7.05 Å². The topological polar surface area (TPSA) is 75.4 Å². The van der Waals surface area contributed by atoms with Gasteiger partial charge in [-0.1, -0.05) is 0 Å².